The summed E-state index contributed by atoms with van der Waals surface area (Å²) in [6, 6.07) is 4.31. The molecule has 2 aromatic rings. The van der Waals surface area contributed by atoms with Gasteiger partial charge in [0.05, 0.1) is 16.6 Å². The van der Waals surface area contributed by atoms with Crippen molar-refractivity contribution in [2.24, 2.45) is 5.16 Å². The summed E-state index contributed by atoms with van der Waals surface area (Å²) >= 11 is 2.22. The molecule has 17 heteroatoms. The zero-order chi connectivity index (χ0) is 27.2. The van der Waals surface area contributed by atoms with Crippen molar-refractivity contribution >= 4 is 63.4 Å². The highest BCUT2D eigenvalue weighted by molar-refractivity contribution is 8.01. The topological polar surface area (TPSA) is 206 Å². The van der Waals surface area contributed by atoms with Gasteiger partial charge < -0.3 is 25.4 Å². The van der Waals surface area contributed by atoms with Crippen molar-refractivity contribution in [1.82, 2.24) is 15.2 Å². The number of amides is 2. The molecule has 5 rings (SSSR count). The Labute approximate surface area is 221 Å². The summed E-state index contributed by atoms with van der Waals surface area (Å²) in [5.41, 5.74) is 3.93. The van der Waals surface area contributed by atoms with E-state index >= 15 is 0 Å². The van der Waals surface area contributed by atoms with Crippen LogP contribution in [0.4, 0.5) is 10.8 Å². The number of thioether (sulfide) groups is 1. The number of nitro groups is 1. The van der Waals surface area contributed by atoms with Gasteiger partial charge in [-0.2, -0.15) is 0 Å². The number of aromatic nitrogens is 1. The Hall–Kier alpha value is -4.25. The van der Waals surface area contributed by atoms with E-state index in [9.17, 15) is 29.3 Å². The van der Waals surface area contributed by atoms with Gasteiger partial charge in [0.15, 0.2) is 10.8 Å². The van der Waals surface area contributed by atoms with Gasteiger partial charge in [-0.15, -0.1) is 23.1 Å². The van der Waals surface area contributed by atoms with Gasteiger partial charge in [-0.1, -0.05) is 5.16 Å². The number of β-lactam (4-membered cyclic amide) rings is 1. The molecule has 38 heavy (non-hydrogen) atoms. The lowest BCUT2D eigenvalue weighted by Gasteiger charge is -2.46. The number of nitrogens with zero attached hydrogens (tertiary/aromatic N) is 4. The number of benzene rings is 1. The number of carbonyl (C=O) groups is 4. The van der Waals surface area contributed by atoms with Crippen molar-refractivity contribution in [3.63, 3.8) is 0 Å². The number of anilines is 1. The largest absolute Gasteiger partial charge is 0.456 e. The number of esters is 2. The number of nitrogens with two attached hydrogens (primary N) is 1. The van der Waals surface area contributed by atoms with Crippen molar-refractivity contribution in [3.8, 4) is 0 Å². The van der Waals surface area contributed by atoms with E-state index in [1.807, 2.05) is 0 Å². The van der Waals surface area contributed by atoms with Crippen LogP contribution in [0.15, 0.2) is 34.8 Å². The van der Waals surface area contributed by atoms with E-state index in [1.165, 1.54) is 36.8 Å². The third kappa shape index (κ3) is 4.08. The van der Waals surface area contributed by atoms with Crippen molar-refractivity contribution in [2.75, 3.05) is 12.8 Å². The van der Waals surface area contributed by atoms with Crippen LogP contribution in [0.5, 0.6) is 0 Å². The van der Waals surface area contributed by atoms with Crippen LogP contribution >= 0.6 is 23.1 Å². The molecule has 0 saturated carbocycles. The highest BCUT2D eigenvalue weighted by Gasteiger charge is 2.75. The number of oxime groups is 1. The highest BCUT2D eigenvalue weighted by Crippen LogP contribution is 2.55. The maximum absolute atomic E-state index is 13.2. The molecule has 0 bridgehead atoms. The number of nitro benzene ring substituents is 1. The zero-order valence-electron chi connectivity index (χ0n) is 19.4. The minimum absolute atomic E-state index is 0.130. The number of ether oxygens (including phenoxy) is 2. The number of fused-ring (bicyclic) bond motifs is 3. The molecule has 1 aromatic heterocycles. The van der Waals surface area contributed by atoms with Crippen molar-refractivity contribution in [3.05, 3.63) is 51.0 Å². The molecule has 0 aliphatic carbocycles. The van der Waals surface area contributed by atoms with Gasteiger partial charge in [0, 0.05) is 17.5 Å². The predicted molar refractivity (Wildman–Crippen MR) is 130 cm³/mol. The van der Waals surface area contributed by atoms with Gasteiger partial charge in [-0.25, -0.2) is 9.78 Å². The predicted octanol–water partition coefficient (Wildman–Crippen LogP) is 0.139. The number of thiazole rings is 1. The Morgan fingerprint density at radius 1 is 1.37 bits per heavy atom. The molecule has 0 spiro atoms. The van der Waals surface area contributed by atoms with E-state index in [0.29, 0.717) is 5.56 Å². The minimum Gasteiger partial charge on any atom is -0.456 e. The number of hydrogen-bond acceptors (Lipinski definition) is 14. The van der Waals surface area contributed by atoms with Crippen LogP contribution in [0.2, 0.25) is 0 Å². The third-order valence-corrected chi connectivity index (χ3v) is 8.27. The molecule has 2 amide bonds. The van der Waals surface area contributed by atoms with Crippen LogP contribution < -0.4 is 11.1 Å². The van der Waals surface area contributed by atoms with E-state index in [2.05, 4.69) is 15.5 Å². The molecule has 3 saturated heterocycles. The Morgan fingerprint density at radius 2 is 2.11 bits per heavy atom. The second-order valence-corrected chi connectivity index (χ2v) is 10.5. The van der Waals surface area contributed by atoms with E-state index in [0.717, 1.165) is 28.0 Å². The molecule has 4 atom stereocenters. The summed E-state index contributed by atoms with van der Waals surface area (Å²) in [4.78, 5) is 71.6. The quantitative estimate of drug-likeness (QED) is 0.145. The smallest absolute Gasteiger partial charge is 0.374 e. The van der Waals surface area contributed by atoms with Gasteiger partial charge in [0.25, 0.3) is 23.2 Å². The second kappa shape index (κ2) is 9.56. The molecule has 198 valence electrons. The zero-order valence-corrected chi connectivity index (χ0v) is 21.0. The molecule has 3 aliphatic rings. The molecule has 0 radical (unpaired) electrons. The van der Waals surface area contributed by atoms with Crippen LogP contribution in [-0.2, 0) is 40.1 Å². The first-order valence-electron chi connectivity index (χ1n) is 10.9. The molecule has 3 N–H and O–H groups in total. The summed E-state index contributed by atoms with van der Waals surface area (Å²) in [5.74, 6) is -3.04. The Kier molecular flexibility index (Phi) is 6.39. The van der Waals surface area contributed by atoms with Crippen molar-refractivity contribution < 1.29 is 38.4 Å². The van der Waals surface area contributed by atoms with Gasteiger partial charge in [-0.05, 0) is 17.7 Å². The fourth-order valence-corrected chi connectivity index (χ4v) is 6.60. The van der Waals surface area contributed by atoms with Crippen LogP contribution in [-0.4, -0.2) is 73.8 Å². The number of nitrogen functional groups attached to an aromatic ring is 1. The number of hydrogen-bond donors (Lipinski definition) is 2. The molecule has 3 fully saturated rings. The standard InChI is InChI=1S/C21H18N6O9S2/c1-34-25-14(11-8-37-20(22)23-11)16(29)24-15-17(30)26-18(15)38-12-6-13(28)36-21(12,26)19(31)35-7-9-2-4-10(5-3-9)27(32)33/h2-5,8,12,15,18H,6-7H2,1H3,(H2,22,23)(H,24,29)/b25-14-/t12-,15+,18+,21-/m0/s1. The number of nitrogens with one attached hydrogen (secondary N) is 1. The summed E-state index contributed by atoms with van der Waals surface area (Å²) in [6.07, 6.45) is -0.146. The van der Waals surface area contributed by atoms with Crippen LogP contribution in [0.3, 0.4) is 0 Å². The first kappa shape index (κ1) is 25.4. The Morgan fingerprint density at radius 3 is 2.74 bits per heavy atom. The van der Waals surface area contributed by atoms with Gasteiger partial charge in [0.2, 0.25) is 0 Å². The summed E-state index contributed by atoms with van der Waals surface area (Å²) in [7, 11) is 1.24. The van der Waals surface area contributed by atoms with Gasteiger partial charge in [0.1, 0.15) is 30.8 Å². The van der Waals surface area contributed by atoms with Crippen LogP contribution in [0.1, 0.15) is 17.7 Å². The normalized spacial score (nSPS) is 25.7. The first-order chi connectivity index (χ1) is 18.1. The molecule has 15 nitrogen and oxygen atoms in total. The summed E-state index contributed by atoms with van der Waals surface area (Å²) in [5, 5.41) is 17.3. The van der Waals surface area contributed by atoms with Crippen molar-refractivity contribution in [1.29, 1.82) is 0 Å². The lowest BCUT2D eigenvalue weighted by molar-refractivity contribution is -0.384. The molecule has 3 aliphatic heterocycles. The molecule has 1 aromatic carbocycles. The Bertz CT molecular complexity index is 1380. The molecule has 4 heterocycles. The fourth-order valence-electron chi connectivity index (χ4n) is 4.31. The maximum Gasteiger partial charge on any atom is 0.374 e. The van der Waals surface area contributed by atoms with Gasteiger partial charge >= 0.3 is 11.9 Å². The molecular formula is C21H18N6O9S2. The average Bonchev–Trinajstić information content (AvgIpc) is 3.54. The van der Waals surface area contributed by atoms with Crippen LogP contribution in [0.25, 0.3) is 0 Å². The second-order valence-electron chi connectivity index (χ2n) is 8.24. The van der Waals surface area contributed by atoms with Crippen molar-refractivity contribution in [2.45, 2.75) is 35.4 Å². The van der Waals surface area contributed by atoms with Crippen LogP contribution in [0, 0.1) is 10.1 Å². The minimum atomic E-state index is -1.99. The summed E-state index contributed by atoms with van der Waals surface area (Å²) in [6.45, 7) is -0.270. The maximum atomic E-state index is 13.2. The van der Waals surface area contributed by atoms with Gasteiger partial charge in [-0.3, -0.25) is 29.4 Å². The fraction of sp³-hybridized carbons (Fsp3) is 0.333. The SMILES string of the molecule is CO/N=C(\C(=O)N[C@@H]1C(=O)N2[C@@H]1S[C@H]1CC(=O)O[C@]12C(=O)OCc1ccc([N+](=O)[O-])cc1)c1csc(N)n1. The molecular weight excluding hydrogens is 544 g/mol. The average molecular weight is 563 g/mol. The lowest BCUT2D eigenvalue weighted by Crippen LogP contribution is -2.75. The van der Waals surface area contributed by atoms with E-state index in [-0.39, 0.29) is 35.3 Å². The van der Waals surface area contributed by atoms with E-state index < -0.39 is 51.1 Å². The highest BCUT2D eigenvalue weighted by atomic mass is 32.2. The lowest BCUT2D eigenvalue weighted by atomic mass is 9.98. The third-order valence-electron chi connectivity index (χ3n) is 6.02. The monoisotopic (exact) mass is 562 g/mol. The number of non-ortho nitro benzene ring substituents is 1. The van der Waals surface area contributed by atoms with E-state index in [4.69, 9.17) is 20.0 Å². The Balaban J connectivity index is 1.31. The first-order valence-corrected chi connectivity index (χ1v) is 12.7. The number of carbonyl (C=O) groups excluding carboxylic acids is 4. The summed E-state index contributed by atoms with van der Waals surface area (Å²) < 4.78 is 10.8. The molecule has 0 unspecified atom stereocenters. The van der Waals surface area contributed by atoms with E-state index in [1.54, 1.807) is 0 Å². The number of rotatable bonds is 8.